The molecule has 0 saturated heterocycles. The van der Waals surface area contributed by atoms with Gasteiger partial charge in [-0.2, -0.15) is 23.5 Å². The van der Waals surface area contributed by atoms with Gasteiger partial charge in [0.05, 0.1) is 0 Å². The van der Waals surface area contributed by atoms with Crippen molar-refractivity contribution in [2.24, 2.45) is 0 Å². The van der Waals surface area contributed by atoms with Crippen LogP contribution in [0.4, 0.5) is 0 Å². The smallest absolute Gasteiger partial charge is 0.122 e. The number of hydrogen-bond donors (Lipinski definition) is 1. The van der Waals surface area contributed by atoms with Gasteiger partial charge in [0, 0.05) is 17.1 Å². The van der Waals surface area contributed by atoms with Crippen LogP contribution in [0.2, 0.25) is 0 Å². The van der Waals surface area contributed by atoms with Crippen molar-refractivity contribution in [3.8, 4) is 5.75 Å². The summed E-state index contributed by atoms with van der Waals surface area (Å²) in [6.07, 6.45) is 10.6. The summed E-state index contributed by atoms with van der Waals surface area (Å²) in [6, 6.07) is 4.38. The molecule has 0 amide bonds. The van der Waals surface area contributed by atoms with Crippen LogP contribution in [0, 0.1) is 6.92 Å². The summed E-state index contributed by atoms with van der Waals surface area (Å²) in [5.41, 5.74) is 3.52. The van der Waals surface area contributed by atoms with Crippen molar-refractivity contribution >= 4 is 23.5 Å². The Morgan fingerprint density at radius 3 is 1.96 bits per heavy atom. The highest BCUT2D eigenvalue weighted by atomic mass is 32.2. The summed E-state index contributed by atoms with van der Waals surface area (Å²) >= 11 is 3.99. The van der Waals surface area contributed by atoms with E-state index in [1.165, 1.54) is 68.4 Å². The first-order valence-corrected chi connectivity index (χ1v) is 12.0. The van der Waals surface area contributed by atoms with Crippen molar-refractivity contribution in [3.63, 3.8) is 0 Å². The van der Waals surface area contributed by atoms with E-state index in [2.05, 4.69) is 26.0 Å². The Kier molecular flexibility index (Phi) is 12.6. The van der Waals surface area contributed by atoms with Gasteiger partial charge in [0.15, 0.2) is 0 Å². The summed E-state index contributed by atoms with van der Waals surface area (Å²) in [5, 5.41) is 10.3. The molecule has 1 nitrogen and oxygen atoms in total. The average molecular weight is 369 g/mol. The fourth-order valence-corrected chi connectivity index (χ4v) is 4.71. The van der Waals surface area contributed by atoms with Gasteiger partial charge in [-0.15, -0.1) is 0 Å². The second-order valence-electron chi connectivity index (χ2n) is 6.65. The molecule has 3 heteroatoms. The molecule has 0 aromatic heterocycles. The third-order valence-corrected chi connectivity index (χ3v) is 6.46. The van der Waals surface area contributed by atoms with Gasteiger partial charge < -0.3 is 5.11 Å². The van der Waals surface area contributed by atoms with E-state index in [1.54, 1.807) is 0 Å². The van der Waals surface area contributed by atoms with Crippen LogP contribution in [0.3, 0.4) is 0 Å². The van der Waals surface area contributed by atoms with Crippen molar-refractivity contribution < 1.29 is 5.11 Å². The molecule has 24 heavy (non-hydrogen) atoms. The van der Waals surface area contributed by atoms with Crippen LogP contribution >= 0.6 is 23.5 Å². The molecule has 0 aliphatic heterocycles. The zero-order valence-corrected chi connectivity index (χ0v) is 17.5. The van der Waals surface area contributed by atoms with Crippen LogP contribution in [-0.4, -0.2) is 16.6 Å². The summed E-state index contributed by atoms with van der Waals surface area (Å²) < 4.78 is 0. The monoisotopic (exact) mass is 368 g/mol. The van der Waals surface area contributed by atoms with Crippen LogP contribution in [0.5, 0.6) is 5.75 Å². The quantitative estimate of drug-likeness (QED) is 0.347. The van der Waals surface area contributed by atoms with Crippen molar-refractivity contribution in [1.29, 1.82) is 0 Å². The Bertz CT molecular complexity index is 446. The molecule has 0 fully saturated rings. The second-order valence-corrected chi connectivity index (χ2v) is 8.86. The maximum Gasteiger partial charge on any atom is 0.122 e. The van der Waals surface area contributed by atoms with E-state index < -0.39 is 0 Å². The number of phenolic OH excluding ortho intramolecular Hbond substituents is 1. The minimum atomic E-state index is 0.507. The number of thioether (sulfide) groups is 2. The number of benzene rings is 1. The van der Waals surface area contributed by atoms with Gasteiger partial charge in [-0.25, -0.2) is 0 Å². The van der Waals surface area contributed by atoms with Gasteiger partial charge in [0.2, 0.25) is 0 Å². The number of phenols is 1. The fourth-order valence-electron chi connectivity index (χ4n) is 2.76. The normalized spacial score (nSPS) is 11.1. The molecule has 138 valence electrons. The Balaban J connectivity index is 2.38. The number of rotatable bonds is 14. The van der Waals surface area contributed by atoms with E-state index in [9.17, 15) is 5.11 Å². The van der Waals surface area contributed by atoms with Gasteiger partial charge in [0.25, 0.3) is 0 Å². The number of hydrogen-bond acceptors (Lipinski definition) is 3. The van der Waals surface area contributed by atoms with E-state index in [-0.39, 0.29) is 0 Å². The summed E-state index contributed by atoms with van der Waals surface area (Å²) in [6.45, 7) is 6.54. The van der Waals surface area contributed by atoms with Crippen LogP contribution in [0.15, 0.2) is 12.1 Å². The topological polar surface area (TPSA) is 20.2 Å². The van der Waals surface area contributed by atoms with Crippen molar-refractivity contribution in [3.05, 3.63) is 28.8 Å². The van der Waals surface area contributed by atoms with Crippen molar-refractivity contribution in [2.75, 3.05) is 11.5 Å². The minimum Gasteiger partial charge on any atom is -0.507 e. The lowest BCUT2D eigenvalue weighted by molar-refractivity contribution is 0.466. The lowest BCUT2D eigenvalue weighted by atomic mass is 10.1. The molecule has 1 aromatic rings. The highest BCUT2D eigenvalue weighted by Gasteiger charge is 2.07. The van der Waals surface area contributed by atoms with Crippen molar-refractivity contribution in [1.82, 2.24) is 0 Å². The molecule has 1 N–H and O–H groups in total. The second kappa shape index (κ2) is 13.9. The van der Waals surface area contributed by atoms with E-state index in [0.717, 1.165) is 22.6 Å². The van der Waals surface area contributed by atoms with Crippen LogP contribution in [0.25, 0.3) is 0 Å². The lowest BCUT2D eigenvalue weighted by Gasteiger charge is -2.11. The minimum absolute atomic E-state index is 0.507. The molecule has 0 unspecified atom stereocenters. The van der Waals surface area contributed by atoms with Gasteiger partial charge >= 0.3 is 0 Å². The third kappa shape index (κ3) is 9.27. The number of aromatic hydroxyl groups is 1. The standard InChI is InChI=1S/C21H36OS2/c1-4-6-8-10-12-23-16-19-14-18(3)21(22)20(15-19)17-24-13-11-9-7-5-2/h14-15,22H,4-13,16-17H2,1-3H3. The van der Waals surface area contributed by atoms with Gasteiger partial charge in [-0.3, -0.25) is 0 Å². The maximum atomic E-state index is 10.3. The van der Waals surface area contributed by atoms with Crippen LogP contribution in [0.1, 0.15) is 81.9 Å². The zero-order chi connectivity index (χ0) is 17.6. The van der Waals surface area contributed by atoms with Crippen LogP contribution in [-0.2, 0) is 11.5 Å². The van der Waals surface area contributed by atoms with E-state index >= 15 is 0 Å². The first kappa shape index (κ1) is 21.8. The molecule has 0 spiro atoms. The van der Waals surface area contributed by atoms with E-state index in [1.807, 2.05) is 30.4 Å². The molecular formula is C21H36OS2. The largest absolute Gasteiger partial charge is 0.507 e. The fraction of sp³-hybridized carbons (Fsp3) is 0.714. The predicted molar refractivity (Wildman–Crippen MR) is 113 cm³/mol. The predicted octanol–water partition coefficient (Wildman–Crippen LogP) is 7.33. The summed E-state index contributed by atoms with van der Waals surface area (Å²) in [7, 11) is 0. The molecule has 1 aromatic carbocycles. The highest BCUT2D eigenvalue weighted by Crippen LogP contribution is 2.29. The first-order chi connectivity index (χ1) is 11.7. The number of unbranched alkanes of at least 4 members (excludes halogenated alkanes) is 6. The SMILES string of the molecule is CCCCCCSCc1cc(C)c(O)c(CSCCCCCC)c1. The van der Waals surface area contributed by atoms with Gasteiger partial charge in [0.1, 0.15) is 5.75 Å². The molecule has 0 aliphatic carbocycles. The third-order valence-electron chi connectivity index (χ3n) is 4.25. The average Bonchev–Trinajstić information content (AvgIpc) is 2.58. The number of aryl methyl sites for hydroxylation is 1. The van der Waals surface area contributed by atoms with Crippen molar-refractivity contribution in [2.45, 2.75) is 83.6 Å². The van der Waals surface area contributed by atoms with E-state index in [0.29, 0.717) is 5.75 Å². The molecule has 0 aliphatic rings. The highest BCUT2D eigenvalue weighted by molar-refractivity contribution is 7.98. The molecule has 0 saturated carbocycles. The molecule has 0 radical (unpaired) electrons. The Morgan fingerprint density at radius 2 is 1.38 bits per heavy atom. The zero-order valence-electron chi connectivity index (χ0n) is 15.9. The Labute approximate surface area is 158 Å². The van der Waals surface area contributed by atoms with E-state index in [4.69, 9.17) is 0 Å². The maximum absolute atomic E-state index is 10.3. The van der Waals surface area contributed by atoms with Crippen LogP contribution < -0.4 is 0 Å². The Morgan fingerprint density at radius 1 is 0.792 bits per heavy atom. The summed E-state index contributed by atoms with van der Waals surface area (Å²) in [5.74, 6) is 4.97. The summed E-state index contributed by atoms with van der Waals surface area (Å²) in [4.78, 5) is 0. The van der Waals surface area contributed by atoms with Gasteiger partial charge in [-0.05, 0) is 42.4 Å². The molecular weight excluding hydrogens is 332 g/mol. The lowest BCUT2D eigenvalue weighted by Crippen LogP contribution is -1.92. The molecule has 0 heterocycles. The van der Waals surface area contributed by atoms with Gasteiger partial charge in [-0.1, -0.05) is 64.5 Å². The molecule has 0 bridgehead atoms. The molecule has 1 rings (SSSR count). The molecule has 0 atom stereocenters. The first-order valence-electron chi connectivity index (χ1n) is 9.65. The Hall–Kier alpha value is -0.280.